The number of hydrogen-bond donors (Lipinski definition) is 1. The molecular weight excluding hydrogens is 518 g/mol. The summed E-state index contributed by atoms with van der Waals surface area (Å²) in [6.07, 6.45) is -4.04. The molecule has 14 heteroatoms. The summed E-state index contributed by atoms with van der Waals surface area (Å²) in [5.74, 6) is -6.14. The van der Waals surface area contributed by atoms with Crippen LogP contribution in [0, 0.1) is 0 Å². The maximum absolute atomic E-state index is 14.1. The van der Waals surface area contributed by atoms with E-state index in [0.717, 1.165) is 43.6 Å². The summed E-state index contributed by atoms with van der Waals surface area (Å²) in [6.45, 7) is 4.45. The molecule has 0 aliphatic heterocycles. The zero-order valence-electron chi connectivity index (χ0n) is 19.2. The van der Waals surface area contributed by atoms with Gasteiger partial charge in [0.25, 0.3) is 17.4 Å². The first kappa shape index (κ1) is 29.1. The Morgan fingerprint density at radius 3 is 2.36 bits per heavy atom. The third kappa shape index (κ3) is 6.99. The van der Waals surface area contributed by atoms with Crippen molar-refractivity contribution in [1.82, 2.24) is 5.32 Å². The minimum Gasteiger partial charge on any atom is -0.406 e. The van der Waals surface area contributed by atoms with Crippen molar-refractivity contribution in [2.45, 2.75) is 55.7 Å². The molecule has 1 aromatic rings. The quantitative estimate of drug-likeness (QED) is 0.277. The SMILES string of the molecule is C=N/C=C(\C=NC)[C@](C)(C(=O)N[C@H]1CCC(F)(F)C1)N(C(=O)[C@H](F)Cl)c1ccc(OC(F)(F)F)cc1. The standard InChI is InChI=1S/C22H23ClF6N4O3/c1-20(13(11-30-2)12-31-3,19(35)32-14-8-9-21(25,26)10-14)33(18(34)17(23)24)15-4-6-16(7-5-15)36-22(27,28)29/h4-7,11-12,14,17H,2,8-10H2,1,3H3,(H,32,35)/b13-11+,31-12?/t14-,17-,20+/m0/s1. The predicted molar refractivity (Wildman–Crippen MR) is 123 cm³/mol. The van der Waals surface area contributed by atoms with Crippen molar-refractivity contribution in [1.29, 1.82) is 0 Å². The molecule has 1 fully saturated rings. The van der Waals surface area contributed by atoms with Gasteiger partial charge in [-0.15, -0.1) is 13.2 Å². The van der Waals surface area contributed by atoms with E-state index < -0.39 is 59.9 Å². The van der Waals surface area contributed by atoms with Gasteiger partial charge in [0.05, 0.1) is 0 Å². The molecule has 0 heterocycles. The van der Waals surface area contributed by atoms with Crippen LogP contribution in [0.25, 0.3) is 0 Å². The number of hydrogen-bond acceptors (Lipinski definition) is 5. The molecule has 0 spiro atoms. The third-order valence-electron chi connectivity index (χ3n) is 5.42. The molecule has 1 aliphatic carbocycles. The van der Waals surface area contributed by atoms with Gasteiger partial charge in [0.2, 0.25) is 5.92 Å². The molecule has 1 saturated carbocycles. The number of alkyl halides is 7. The van der Waals surface area contributed by atoms with Crippen LogP contribution >= 0.6 is 11.6 Å². The van der Waals surface area contributed by atoms with Gasteiger partial charge in [-0.2, -0.15) is 0 Å². The Balaban J connectivity index is 2.65. The molecule has 198 valence electrons. The van der Waals surface area contributed by atoms with E-state index in [4.69, 9.17) is 11.6 Å². The second-order valence-corrected chi connectivity index (χ2v) is 8.39. The molecule has 0 radical (unpaired) electrons. The summed E-state index contributed by atoms with van der Waals surface area (Å²) >= 11 is 5.42. The van der Waals surface area contributed by atoms with Crippen molar-refractivity contribution < 1.29 is 40.7 Å². The highest BCUT2D eigenvalue weighted by molar-refractivity contribution is 6.32. The zero-order valence-corrected chi connectivity index (χ0v) is 19.9. The van der Waals surface area contributed by atoms with Crippen LogP contribution in [0.1, 0.15) is 26.2 Å². The van der Waals surface area contributed by atoms with E-state index in [2.05, 4.69) is 26.8 Å². The molecule has 0 aromatic heterocycles. The van der Waals surface area contributed by atoms with Crippen molar-refractivity contribution in [3.8, 4) is 5.75 Å². The number of carbonyl (C=O) groups excluding carboxylic acids is 2. The Hall–Kier alpha value is -3.09. The number of rotatable bonds is 9. The average Bonchev–Trinajstić information content (AvgIpc) is 3.11. The smallest absolute Gasteiger partial charge is 0.406 e. The van der Waals surface area contributed by atoms with E-state index >= 15 is 0 Å². The van der Waals surface area contributed by atoms with Gasteiger partial charge in [0, 0.05) is 49.6 Å². The number of ether oxygens (including phenoxy) is 1. The number of halogens is 7. The highest BCUT2D eigenvalue weighted by atomic mass is 35.5. The van der Waals surface area contributed by atoms with Gasteiger partial charge >= 0.3 is 6.36 Å². The largest absolute Gasteiger partial charge is 0.573 e. The van der Waals surface area contributed by atoms with Gasteiger partial charge < -0.3 is 10.1 Å². The number of nitrogens with one attached hydrogen (secondary N) is 1. The van der Waals surface area contributed by atoms with Crippen molar-refractivity contribution in [3.63, 3.8) is 0 Å². The van der Waals surface area contributed by atoms with Gasteiger partial charge in [-0.25, -0.2) is 13.2 Å². The van der Waals surface area contributed by atoms with Crippen LogP contribution in [-0.2, 0) is 9.59 Å². The van der Waals surface area contributed by atoms with Crippen LogP contribution in [0.5, 0.6) is 5.75 Å². The summed E-state index contributed by atoms with van der Waals surface area (Å²) < 4.78 is 83.1. The van der Waals surface area contributed by atoms with E-state index in [1.165, 1.54) is 7.05 Å². The van der Waals surface area contributed by atoms with Crippen LogP contribution < -0.4 is 15.0 Å². The van der Waals surface area contributed by atoms with E-state index in [-0.39, 0.29) is 17.7 Å². The third-order valence-corrected chi connectivity index (χ3v) is 5.61. The summed E-state index contributed by atoms with van der Waals surface area (Å²) in [5, 5.41) is 2.44. The van der Waals surface area contributed by atoms with Crippen LogP contribution in [0.2, 0.25) is 0 Å². The second-order valence-electron chi connectivity index (χ2n) is 8.01. The first-order valence-electron chi connectivity index (χ1n) is 10.4. The Morgan fingerprint density at radius 1 is 1.31 bits per heavy atom. The molecule has 36 heavy (non-hydrogen) atoms. The Kier molecular flexibility index (Phi) is 9.16. The monoisotopic (exact) mass is 540 g/mol. The summed E-state index contributed by atoms with van der Waals surface area (Å²) in [6, 6.07) is 2.64. The van der Waals surface area contributed by atoms with Gasteiger partial charge in [-0.3, -0.25) is 24.5 Å². The van der Waals surface area contributed by atoms with Crippen molar-refractivity contribution >= 4 is 42.0 Å². The maximum atomic E-state index is 14.1. The Morgan fingerprint density at radius 2 is 1.92 bits per heavy atom. The van der Waals surface area contributed by atoms with Crippen LogP contribution in [0.3, 0.4) is 0 Å². The van der Waals surface area contributed by atoms with Crippen molar-refractivity contribution in [2.24, 2.45) is 9.98 Å². The highest BCUT2D eigenvalue weighted by Crippen LogP contribution is 2.37. The molecule has 2 amide bonds. The lowest BCUT2D eigenvalue weighted by Gasteiger charge is -2.41. The molecular formula is C22H23ClF6N4O3. The number of benzene rings is 1. The lowest BCUT2D eigenvalue weighted by Crippen LogP contribution is -2.63. The van der Waals surface area contributed by atoms with Gasteiger partial charge in [-0.05, 0) is 44.3 Å². The number of carbonyl (C=O) groups is 2. The molecule has 1 N–H and O–H groups in total. The zero-order chi connectivity index (χ0) is 27.3. The molecule has 7 nitrogen and oxygen atoms in total. The molecule has 2 rings (SSSR count). The van der Waals surface area contributed by atoms with Crippen molar-refractivity contribution in [2.75, 3.05) is 11.9 Å². The van der Waals surface area contributed by atoms with Crippen LogP contribution in [-0.4, -0.2) is 61.3 Å². The highest BCUT2D eigenvalue weighted by Gasteiger charge is 2.49. The lowest BCUT2D eigenvalue weighted by atomic mass is 9.88. The second kappa shape index (κ2) is 11.3. The molecule has 3 atom stereocenters. The van der Waals surface area contributed by atoms with Gasteiger partial charge in [-0.1, -0.05) is 11.6 Å². The fourth-order valence-corrected chi connectivity index (χ4v) is 3.88. The lowest BCUT2D eigenvalue weighted by molar-refractivity contribution is -0.274. The summed E-state index contributed by atoms with van der Waals surface area (Å²) in [7, 11) is 1.32. The maximum Gasteiger partial charge on any atom is 0.573 e. The first-order chi connectivity index (χ1) is 16.6. The fraction of sp³-hybridized carbons (Fsp3) is 0.455. The number of nitrogens with zero attached hydrogens (tertiary/aromatic N) is 3. The van der Waals surface area contributed by atoms with Crippen molar-refractivity contribution in [3.05, 3.63) is 36.0 Å². The van der Waals surface area contributed by atoms with E-state index in [0.29, 0.717) is 4.90 Å². The summed E-state index contributed by atoms with van der Waals surface area (Å²) in [5.41, 5.74) is -5.27. The molecule has 0 unspecified atom stereocenters. The van der Waals surface area contributed by atoms with Crippen LogP contribution in [0.15, 0.2) is 46.0 Å². The predicted octanol–water partition coefficient (Wildman–Crippen LogP) is 4.80. The minimum atomic E-state index is -5.00. The number of aliphatic imine (C=N–C) groups is 2. The topological polar surface area (TPSA) is 83.4 Å². The Labute approximate surface area is 207 Å². The molecule has 0 saturated heterocycles. The van der Waals surface area contributed by atoms with Crippen LogP contribution in [0.4, 0.5) is 32.0 Å². The number of anilines is 1. The average molecular weight is 541 g/mol. The minimum absolute atomic E-state index is 0.0614. The normalized spacial score (nSPS) is 20.5. The Bertz CT molecular complexity index is 1030. The fourth-order valence-electron chi connectivity index (χ4n) is 3.78. The van der Waals surface area contributed by atoms with Gasteiger partial charge in [0.1, 0.15) is 5.75 Å². The first-order valence-corrected chi connectivity index (χ1v) is 10.8. The molecule has 1 aliphatic rings. The number of amides is 2. The molecule has 1 aromatic carbocycles. The molecule has 0 bridgehead atoms. The van der Waals surface area contributed by atoms with E-state index in [1.54, 1.807) is 0 Å². The summed E-state index contributed by atoms with van der Waals surface area (Å²) in [4.78, 5) is 34.5. The van der Waals surface area contributed by atoms with Gasteiger partial charge in [0.15, 0.2) is 5.54 Å². The van der Waals surface area contributed by atoms with E-state index in [9.17, 15) is 35.9 Å². The van der Waals surface area contributed by atoms with E-state index in [1.807, 2.05) is 0 Å².